The molecule has 0 saturated carbocycles. The Hall–Kier alpha value is -1.92. The van der Waals surface area contributed by atoms with Gasteiger partial charge >= 0.3 is 5.97 Å². The molecule has 0 heterocycles. The third-order valence-corrected chi connectivity index (χ3v) is 9.88. The molecule has 52 heavy (non-hydrogen) atoms. The number of rotatable bonds is 40. The Bertz CT molecular complexity index is 854. The van der Waals surface area contributed by atoms with Crippen LogP contribution in [0.5, 0.6) is 0 Å². The third-order valence-electron chi connectivity index (χ3n) is 9.88. The molecular formula is C46H85NO5. The normalized spacial score (nSPS) is 13.1. The molecule has 304 valence electrons. The third kappa shape index (κ3) is 37.8. The summed E-state index contributed by atoms with van der Waals surface area (Å²) in [5, 5.41) is 22.8. The van der Waals surface area contributed by atoms with E-state index < -0.39 is 12.1 Å². The highest BCUT2D eigenvalue weighted by molar-refractivity contribution is 5.76. The summed E-state index contributed by atoms with van der Waals surface area (Å²) in [6, 6.07) is -0.651. The van der Waals surface area contributed by atoms with Gasteiger partial charge in [-0.1, -0.05) is 159 Å². The zero-order valence-corrected chi connectivity index (χ0v) is 34.3. The van der Waals surface area contributed by atoms with Crippen LogP contribution in [0.25, 0.3) is 0 Å². The lowest BCUT2D eigenvalue weighted by Crippen LogP contribution is -2.45. The summed E-state index contributed by atoms with van der Waals surface area (Å²) >= 11 is 0. The monoisotopic (exact) mass is 732 g/mol. The molecule has 0 bridgehead atoms. The average molecular weight is 732 g/mol. The van der Waals surface area contributed by atoms with E-state index in [4.69, 9.17) is 4.74 Å². The summed E-state index contributed by atoms with van der Waals surface area (Å²) in [4.78, 5) is 24.3. The molecule has 0 fully saturated rings. The van der Waals surface area contributed by atoms with Crippen molar-refractivity contribution in [3.8, 4) is 0 Å². The van der Waals surface area contributed by atoms with E-state index in [1.165, 1.54) is 116 Å². The first-order chi connectivity index (χ1) is 25.5. The van der Waals surface area contributed by atoms with Gasteiger partial charge in [-0.2, -0.15) is 0 Å². The first kappa shape index (κ1) is 50.1. The van der Waals surface area contributed by atoms with Gasteiger partial charge in [0.15, 0.2) is 0 Å². The number of carbonyl (C=O) groups excluding carboxylic acids is 2. The van der Waals surface area contributed by atoms with Crippen LogP contribution in [0.1, 0.15) is 219 Å². The van der Waals surface area contributed by atoms with E-state index in [1.54, 1.807) is 6.08 Å². The van der Waals surface area contributed by atoms with E-state index in [1.807, 2.05) is 6.08 Å². The second kappa shape index (κ2) is 41.8. The van der Waals surface area contributed by atoms with E-state index in [0.717, 1.165) is 77.0 Å². The predicted molar refractivity (Wildman–Crippen MR) is 222 cm³/mol. The number of aliphatic hydroxyl groups excluding tert-OH is 2. The van der Waals surface area contributed by atoms with Gasteiger partial charge in [0.05, 0.1) is 25.4 Å². The van der Waals surface area contributed by atoms with Gasteiger partial charge in [-0.05, 0) is 83.5 Å². The first-order valence-corrected chi connectivity index (χ1v) is 22.3. The molecule has 2 atom stereocenters. The minimum absolute atomic E-state index is 0.0480. The minimum Gasteiger partial charge on any atom is -0.466 e. The molecule has 6 nitrogen and oxygen atoms in total. The SMILES string of the molecule is CCCCCCCC/C=C\CCCCCCCC(=O)OCCCC/C=C\CCCCCCC(=O)NC(CO)C(O)/C=C/CCCCCCCCCC. The number of nitrogens with one attached hydrogen (secondary N) is 1. The zero-order valence-electron chi connectivity index (χ0n) is 34.3. The second-order valence-electron chi connectivity index (χ2n) is 15.0. The van der Waals surface area contributed by atoms with Crippen LogP contribution in [-0.2, 0) is 14.3 Å². The molecule has 0 radical (unpaired) electrons. The number of carbonyl (C=O) groups is 2. The second-order valence-corrected chi connectivity index (χ2v) is 15.0. The van der Waals surface area contributed by atoms with Crippen molar-refractivity contribution < 1.29 is 24.5 Å². The van der Waals surface area contributed by atoms with Crippen molar-refractivity contribution in [3.63, 3.8) is 0 Å². The lowest BCUT2D eigenvalue weighted by molar-refractivity contribution is -0.143. The quantitative estimate of drug-likeness (QED) is 0.0331. The molecule has 1 amide bonds. The van der Waals surface area contributed by atoms with E-state index in [2.05, 4.69) is 43.5 Å². The Morgan fingerprint density at radius 3 is 1.37 bits per heavy atom. The number of hydrogen-bond acceptors (Lipinski definition) is 5. The maximum absolute atomic E-state index is 12.3. The van der Waals surface area contributed by atoms with Crippen molar-refractivity contribution in [2.45, 2.75) is 231 Å². The highest BCUT2D eigenvalue weighted by atomic mass is 16.5. The summed E-state index contributed by atoms with van der Waals surface area (Å²) in [7, 11) is 0. The molecule has 0 spiro atoms. The fraction of sp³-hybridized carbons (Fsp3) is 0.826. The Morgan fingerprint density at radius 1 is 0.519 bits per heavy atom. The summed E-state index contributed by atoms with van der Waals surface area (Å²) in [5.41, 5.74) is 0. The Labute approximate surface area is 322 Å². The number of allylic oxidation sites excluding steroid dienone is 5. The van der Waals surface area contributed by atoms with Crippen molar-refractivity contribution in [1.82, 2.24) is 5.32 Å². The molecule has 2 unspecified atom stereocenters. The summed E-state index contributed by atoms with van der Waals surface area (Å²) < 4.78 is 5.41. The Morgan fingerprint density at radius 2 is 0.904 bits per heavy atom. The minimum atomic E-state index is -0.864. The fourth-order valence-corrected chi connectivity index (χ4v) is 6.38. The highest BCUT2D eigenvalue weighted by Gasteiger charge is 2.17. The number of aliphatic hydroxyl groups is 2. The van der Waals surface area contributed by atoms with Crippen molar-refractivity contribution in [3.05, 3.63) is 36.5 Å². The van der Waals surface area contributed by atoms with E-state index in [9.17, 15) is 19.8 Å². The molecule has 0 aromatic rings. The lowest BCUT2D eigenvalue weighted by atomic mass is 10.1. The Kier molecular flexibility index (Phi) is 40.3. The van der Waals surface area contributed by atoms with E-state index in [-0.39, 0.29) is 18.5 Å². The zero-order chi connectivity index (χ0) is 38.0. The molecular weight excluding hydrogens is 647 g/mol. The van der Waals surface area contributed by atoms with Crippen LogP contribution in [0.2, 0.25) is 0 Å². The van der Waals surface area contributed by atoms with Crippen LogP contribution in [0, 0.1) is 0 Å². The molecule has 3 N–H and O–H groups in total. The van der Waals surface area contributed by atoms with Crippen LogP contribution in [0.4, 0.5) is 0 Å². The summed E-state index contributed by atoms with van der Waals surface area (Å²) in [6.45, 7) is 4.76. The van der Waals surface area contributed by atoms with Gasteiger partial charge in [-0.15, -0.1) is 0 Å². The van der Waals surface area contributed by atoms with Crippen LogP contribution >= 0.6 is 0 Å². The van der Waals surface area contributed by atoms with Gasteiger partial charge in [0.25, 0.3) is 0 Å². The number of amides is 1. The van der Waals surface area contributed by atoms with Gasteiger partial charge in [0.1, 0.15) is 0 Å². The summed E-state index contributed by atoms with van der Waals surface area (Å²) in [6.07, 6.45) is 48.5. The average Bonchev–Trinajstić information content (AvgIpc) is 3.14. The van der Waals surface area contributed by atoms with E-state index in [0.29, 0.717) is 19.4 Å². The molecule has 0 aliphatic rings. The standard InChI is InChI=1S/C46H85NO5/c1-3-5-7-9-11-13-15-16-17-18-19-24-28-32-36-40-46(51)52-41-37-33-29-25-21-20-23-27-31-35-39-45(50)47-43(42-48)44(49)38-34-30-26-22-14-12-10-8-6-4-2/h16-17,21,25,34,38,43-44,48-49H,3-15,18-20,22-24,26-33,35-37,39-42H2,1-2H3,(H,47,50)/b17-16-,25-21-,38-34+. The number of unbranched alkanes of at least 4 members (excludes halogenated alkanes) is 25. The van der Waals surface area contributed by atoms with Gasteiger partial charge in [-0.3, -0.25) is 9.59 Å². The first-order valence-electron chi connectivity index (χ1n) is 22.3. The molecule has 0 rings (SSSR count). The van der Waals surface area contributed by atoms with Gasteiger partial charge in [-0.25, -0.2) is 0 Å². The molecule has 0 saturated heterocycles. The smallest absolute Gasteiger partial charge is 0.305 e. The molecule has 6 heteroatoms. The fourth-order valence-electron chi connectivity index (χ4n) is 6.38. The number of hydrogen-bond donors (Lipinski definition) is 3. The van der Waals surface area contributed by atoms with Gasteiger partial charge in [0.2, 0.25) is 5.91 Å². The molecule has 0 aromatic carbocycles. The van der Waals surface area contributed by atoms with Crippen molar-refractivity contribution in [2.24, 2.45) is 0 Å². The topological polar surface area (TPSA) is 95.9 Å². The van der Waals surface area contributed by atoms with Crippen LogP contribution in [0.3, 0.4) is 0 Å². The number of ether oxygens (including phenoxy) is 1. The summed E-state index contributed by atoms with van der Waals surface area (Å²) in [5.74, 6) is -0.156. The van der Waals surface area contributed by atoms with Crippen LogP contribution in [0.15, 0.2) is 36.5 Å². The molecule has 0 aliphatic carbocycles. The van der Waals surface area contributed by atoms with Crippen molar-refractivity contribution >= 4 is 11.9 Å². The van der Waals surface area contributed by atoms with Crippen LogP contribution < -0.4 is 5.32 Å². The van der Waals surface area contributed by atoms with Crippen LogP contribution in [-0.4, -0.2) is 47.4 Å². The maximum atomic E-state index is 12.3. The largest absolute Gasteiger partial charge is 0.466 e. The van der Waals surface area contributed by atoms with Crippen molar-refractivity contribution in [1.29, 1.82) is 0 Å². The maximum Gasteiger partial charge on any atom is 0.305 e. The number of esters is 1. The molecule has 0 aromatic heterocycles. The Balaban J connectivity index is 3.57. The highest BCUT2D eigenvalue weighted by Crippen LogP contribution is 2.13. The van der Waals surface area contributed by atoms with Gasteiger partial charge in [0, 0.05) is 12.8 Å². The predicted octanol–water partition coefficient (Wildman–Crippen LogP) is 12.6. The van der Waals surface area contributed by atoms with Gasteiger partial charge < -0.3 is 20.3 Å². The van der Waals surface area contributed by atoms with E-state index >= 15 is 0 Å². The lowest BCUT2D eigenvalue weighted by Gasteiger charge is -2.20. The van der Waals surface area contributed by atoms with Crippen molar-refractivity contribution in [2.75, 3.05) is 13.2 Å². The molecule has 0 aliphatic heterocycles.